The van der Waals surface area contributed by atoms with Crippen molar-refractivity contribution in [1.82, 2.24) is 4.90 Å². The highest BCUT2D eigenvalue weighted by molar-refractivity contribution is 8.18. The molecular formula is C23H21FN2O7S. The molecule has 34 heavy (non-hydrogen) atoms. The molecule has 0 radical (unpaired) electrons. The number of methoxy groups -OCH3 is 1. The SMILES string of the molecule is CCOC(=O)COc1ccc(/C=C2\SC(=O)N(CC(=O)Nc3ccccc3F)C2=O)cc1OC. The van der Waals surface area contributed by atoms with Crippen molar-refractivity contribution in [2.75, 3.05) is 32.2 Å². The van der Waals surface area contributed by atoms with Crippen LogP contribution >= 0.6 is 11.8 Å². The van der Waals surface area contributed by atoms with Gasteiger partial charge in [0.25, 0.3) is 11.1 Å². The van der Waals surface area contributed by atoms with E-state index in [2.05, 4.69) is 5.32 Å². The fourth-order valence-corrected chi connectivity index (χ4v) is 3.75. The summed E-state index contributed by atoms with van der Waals surface area (Å²) < 4.78 is 29.2. The minimum absolute atomic E-state index is 0.0487. The molecule has 0 aliphatic carbocycles. The molecule has 1 aliphatic heterocycles. The van der Waals surface area contributed by atoms with Gasteiger partial charge in [0.2, 0.25) is 5.91 Å². The molecule has 2 aromatic rings. The van der Waals surface area contributed by atoms with Crippen molar-refractivity contribution in [3.05, 3.63) is 58.8 Å². The summed E-state index contributed by atoms with van der Waals surface area (Å²) in [7, 11) is 1.42. The Morgan fingerprint density at radius 1 is 1.15 bits per heavy atom. The average molecular weight is 488 g/mol. The van der Waals surface area contributed by atoms with Crippen molar-refractivity contribution in [3.8, 4) is 11.5 Å². The first-order valence-corrected chi connectivity index (χ1v) is 10.9. The number of thioether (sulfide) groups is 1. The summed E-state index contributed by atoms with van der Waals surface area (Å²) in [6.45, 7) is 1.07. The maximum absolute atomic E-state index is 13.7. The van der Waals surface area contributed by atoms with Crippen LogP contribution in [0, 0.1) is 5.82 Å². The zero-order chi connectivity index (χ0) is 24.7. The number of halogens is 1. The molecule has 3 rings (SSSR count). The summed E-state index contributed by atoms with van der Waals surface area (Å²) in [5.41, 5.74) is 0.481. The quantitative estimate of drug-likeness (QED) is 0.422. The van der Waals surface area contributed by atoms with Gasteiger partial charge in [0.1, 0.15) is 12.4 Å². The van der Waals surface area contributed by atoms with Crippen LogP contribution in [0.5, 0.6) is 11.5 Å². The average Bonchev–Trinajstić information content (AvgIpc) is 3.07. The topological polar surface area (TPSA) is 111 Å². The molecule has 0 aromatic heterocycles. The molecule has 178 valence electrons. The van der Waals surface area contributed by atoms with E-state index in [4.69, 9.17) is 14.2 Å². The van der Waals surface area contributed by atoms with Crippen LogP contribution in [0.15, 0.2) is 47.4 Å². The van der Waals surface area contributed by atoms with Crippen molar-refractivity contribution in [1.29, 1.82) is 0 Å². The van der Waals surface area contributed by atoms with E-state index in [-0.39, 0.29) is 23.8 Å². The van der Waals surface area contributed by atoms with E-state index in [0.717, 1.165) is 4.90 Å². The number of hydrogen-bond acceptors (Lipinski definition) is 8. The van der Waals surface area contributed by atoms with Gasteiger partial charge in [0, 0.05) is 0 Å². The highest BCUT2D eigenvalue weighted by Crippen LogP contribution is 2.34. The van der Waals surface area contributed by atoms with Gasteiger partial charge in [0.05, 0.1) is 24.3 Å². The Kier molecular flexibility index (Phi) is 8.25. The lowest BCUT2D eigenvalue weighted by atomic mass is 10.2. The van der Waals surface area contributed by atoms with Gasteiger partial charge in [-0.1, -0.05) is 18.2 Å². The van der Waals surface area contributed by atoms with Gasteiger partial charge in [0.15, 0.2) is 18.1 Å². The second-order valence-corrected chi connectivity index (χ2v) is 7.79. The van der Waals surface area contributed by atoms with Crippen LogP contribution in [0.4, 0.5) is 14.9 Å². The summed E-state index contributed by atoms with van der Waals surface area (Å²) >= 11 is 0.677. The van der Waals surface area contributed by atoms with Crippen LogP contribution in [0.2, 0.25) is 0 Å². The second kappa shape index (κ2) is 11.3. The lowest BCUT2D eigenvalue weighted by Gasteiger charge is -2.13. The number of para-hydroxylation sites is 1. The minimum Gasteiger partial charge on any atom is -0.493 e. The molecule has 1 saturated heterocycles. The van der Waals surface area contributed by atoms with E-state index in [1.54, 1.807) is 31.2 Å². The second-order valence-electron chi connectivity index (χ2n) is 6.80. The van der Waals surface area contributed by atoms with Crippen LogP contribution in [-0.2, 0) is 19.1 Å². The number of ether oxygens (including phenoxy) is 3. The normalized spacial score (nSPS) is 14.3. The first-order valence-electron chi connectivity index (χ1n) is 10.1. The zero-order valence-corrected chi connectivity index (χ0v) is 19.1. The number of esters is 1. The van der Waals surface area contributed by atoms with Crippen molar-refractivity contribution in [3.63, 3.8) is 0 Å². The highest BCUT2D eigenvalue weighted by Gasteiger charge is 2.36. The number of nitrogens with zero attached hydrogens (tertiary/aromatic N) is 1. The lowest BCUT2D eigenvalue weighted by Crippen LogP contribution is -2.36. The van der Waals surface area contributed by atoms with Crippen molar-refractivity contribution < 1.29 is 37.8 Å². The van der Waals surface area contributed by atoms with E-state index in [9.17, 15) is 23.6 Å². The third kappa shape index (κ3) is 6.13. The standard InChI is InChI=1S/C23H21FN2O7S/c1-3-32-21(28)13-33-17-9-8-14(10-18(17)31-2)11-19-22(29)26(23(30)34-19)12-20(27)25-16-7-5-4-6-15(16)24/h4-11H,3,12-13H2,1-2H3,(H,25,27)/b19-11-. The predicted octanol–water partition coefficient (Wildman–Crippen LogP) is 3.45. The molecule has 1 N–H and O–H groups in total. The van der Waals surface area contributed by atoms with Gasteiger partial charge < -0.3 is 19.5 Å². The molecule has 11 heteroatoms. The number of benzene rings is 2. The number of carbonyl (C=O) groups excluding carboxylic acids is 4. The molecule has 2 aromatic carbocycles. The molecule has 3 amide bonds. The highest BCUT2D eigenvalue weighted by atomic mass is 32.2. The third-order valence-corrected chi connectivity index (χ3v) is 5.37. The first-order chi connectivity index (χ1) is 16.3. The summed E-state index contributed by atoms with van der Waals surface area (Å²) in [6, 6.07) is 10.3. The Morgan fingerprint density at radius 2 is 1.91 bits per heavy atom. The maximum atomic E-state index is 13.7. The first kappa shape index (κ1) is 24.8. The van der Waals surface area contributed by atoms with Crippen LogP contribution in [0.3, 0.4) is 0 Å². The van der Waals surface area contributed by atoms with E-state index >= 15 is 0 Å². The van der Waals surface area contributed by atoms with E-state index in [0.29, 0.717) is 28.8 Å². The molecule has 1 aliphatic rings. The molecule has 9 nitrogen and oxygen atoms in total. The van der Waals surface area contributed by atoms with Crippen LogP contribution in [0.1, 0.15) is 12.5 Å². The van der Waals surface area contributed by atoms with Crippen LogP contribution in [-0.4, -0.2) is 54.8 Å². The lowest BCUT2D eigenvalue weighted by molar-refractivity contribution is -0.145. The number of rotatable bonds is 9. The Labute approximate surface area is 198 Å². The Morgan fingerprint density at radius 3 is 2.62 bits per heavy atom. The smallest absolute Gasteiger partial charge is 0.344 e. The molecule has 0 spiro atoms. The predicted molar refractivity (Wildman–Crippen MR) is 123 cm³/mol. The van der Waals surface area contributed by atoms with Crippen molar-refractivity contribution in [2.45, 2.75) is 6.92 Å². The number of nitrogens with one attached hydrogen (secondary N) is 1. The number of anilines is 1. The van der Waals surface area contributed by atoms with Gasteiger partial charge in [-0.3, -0.25) is 19.3 Å². The number of imide groups is 1. The number of amides is 3. The summed E-state index contributed by atoms with van der Waals surface area (Å²) in [5, 5.41) is 1.72. The maximum Gasteiger partial charge on any atom is 0.344 e. The van der Waals surface area contributed by atoms with Crippen LogP contribution < -0.4 is 14.8 Å². The number of hydrogen-bond donors (Lipinski definition) is 1. The van der Waals surface area contributed by atoms with Crippen molar-refractivity contribution in [2.24, 2.45) is 0 Å². The van der Waals surface area contributed by atoms with Gasteiger partial charge in [-0.05, 0) is 54.6 Å². The monoisotopic (exact) mass is 488 g/mol. The van der Waals surface area contributed by atoms with Crippen molar-refractivity contribution >= 4 is 46.5 Å². The minimum atomic E-state index is -0.710. The number of carbonyl (C=O) groups is 4. The fraction of sp³-hybridized carbons (Fsp3) is 0.217. The fourth-order valence-electron chi connectivity index (χ4n) is 2.92. The zero-order valence-electron chi connectivity index (χ0n) is 18.3. The van der Waals surface area contributed by atoms with E-state index in [1.165, 1.54) is 31.4 Å². The van der Waals surface area contributed by atoms with Crippen LogP contribution in [0.25, 0.3) is 6.08 Å². The Balaban J connectivity index is 1.68. The Bertz CT molecular complexity index is 1150. The third-order valence-electron chi connectivity index (χ3n) is 4.46. The molecule has 0 saturated carbocycles. The van der Waals surface area contributed by atoms with Gasteiger partial charge in [-0.2, -0.15) is 0 Å². The molecule has 1 fully saturated rings. The largest absolute Gasteiger partial charge is 0.493 e. The van der Waals surface area contributed by atoms with Gasteiger partial charge >= 0.3 is 5.97 Å². The molecule has 0 atom stereocenters. The Hall–Kier alpha value is -3.86. The molecule has 0 bridgehead atoms. The van der Waals surface area contributed by atoms with E-state index < -0.39 is 35.4 Å². The molecule has 0 unspecified atom stereocenters. The summed E-state index contributed by atoms with van der Waals surface area (Å²) in [6.07, 6.45) is 1.47. The van der Waals surface area contributed by atoms with Gasteiger partial charge in [-0.15, -0.1) is 0 Å². The van der Waals surface area contributed by atoms with E-state index in [1.807, 2.05) is 0 Å². The molecular weight excluding hydrogens is 467 g/mol. The summed E-state index contributed by atoms with van der Waals surface area (Å²) in [4.78, 5) is 49.6. The van der Waals surface area contributed by atoms with Gasteiger partial charge in [-0.25, -0.2) is 9.18 Å². The summed E-state index contributed by atoms with van der Waals surface area (Å²) in [5.74, 6) is -1.92. The molecule has 1 heterocycles.